The van der Waals surface area contributed by atoms with Gasteiger partial charge in [0.1, 0.15) is 21.7 Å². The van der Waals surface area contributed by atoms with Crippen LogP contribution in [0.25, 0.3) is 16.7 Å². The van der Waals surface area contributed by atoms with E-state index >= 15 is 0 Å². The lowest BCUT2D eigenvalue weighted by Crippen LogP contribution is -2.35. The zero-order valence-electron chi connectivity index (χ0n) is 59.3. The van der Waals surface area contributed by atoms with Crippen molar-refractivity contribution in [1.29, 1.82) is 0 Å². The fourth-order valence-corrected chi connectivity index (χ4v) is 13.3. The molecule has 1 atom stereocenters. The van der Waals surface area contributed by atoms with Crippen molar-refractivity contribution >= 4 is 104 Å². The molecule has 35 nitrogen and oxygen atoms in total. The van der Waals surface area contributed by atoms with Gasteiger partial charge in [-0.05, 0) is 92.9 Å². The van der Waals surface area contributed by atoms with E-state index in [2.05, 4.69) is 61.8 Å². The molecule has 0 spiro atoms. The maximum atomic E-state index is 13.3. The molecular weight excluding hydrogens is 1570 g/mol. The monoisotopic (exact) mass is 1630 g/mol. The van der Waals surface area contributed by atoms with Gasteiger partial charge in [0, 0.05) is 43.2 Å². The molecule has 109 heavy (non-hydrogen) atoms. The van der Waals surface area contributed by atoms with Crippen LogP contribution in [0.5, 0.6) is 41.0 Å². The highest BCUT2D eigenvalue weighted by Gasteiger charge is 2.41. The number of benzene rings is 3. The van der Waals surface area contributed by atoms with Crippen molar-refractivity contribution in [2.75, 3.05) is 71.8 Å². The summed E-state index contributed by atoms with van der Waals surface area (Å²) >= 11 is 6.13. The largest absolute Gasteiger partial charge is 0.493 e. The number of nitrogens with zero attached hydrogens (tertiary/aromatic N) is 10. The first kappa shape index (κ1) is 86.9. The van der Waals surface area contributed by atoms with Crippen molar-refractivity contribution in [2.24, 2.45) is 7.05 Å². The minimum Gasteiger partial charge on any atom is -0.493 e. The van der Waals surface area contributed by atoms with Gasteiger partial charge in [0.25, 0.3) is 31.8 Å². The highest BCUT2D eigenvalue weighted by Crippen LogP contribution is 2.39. The molecule has 0 bridgehead atoms. The van der Waals surface area contributed by atoms with Crippen LogP contribution in [0.1, 0.15) is 88.2 Å². The first-order valence-corrected chi connectivity index (χ1v) is 38.1. The summed E-state index contributed by atoms with van der Waals surface area (Å²) in [5.41, 5.74) is -2.78. The van der Waals surface area contributed by atoms with Gasteiger partial charge in [-0.3, -0.25) is 15.1 Å². The van der Waals surface area contributed by atoms with Crippen molar-refractivity contribution < 1.29 is 122 Å². The maximum absolute atomic E-state index is 13.3. The van der Waals surface area contributed by atoms with Crippen molar-refractivity contribution in [3.8, 4) is 41.0 Å². The number of pyridine rings is 2. The zero-order valence-corrected chi connectivity index (χ0v) is 63.4. The maximum Gasteiger partial charge on any atom is 0.418 e. The van der Waals surface area contributed by atoms with Crippen LogP contribution < -0.4 is 47.9 Å². The zero-order chi connectivity index (χ0) is 81.3. The van der Waals surface area contributed by atoms with Crippen LogP contribution in [0, 0.1) is 6.92 Å². The van der Waals surface area contributed by atoms with Crippen LogP contribution in [0.4, 0.5) is 43.0 Å². The molecule has 0 saturated carbocycles. The van der Waals surface area contributed by atoms with Crippen LogP contribution in [-0.4, -0.2) is 180 Å². The minimum absolute atomic E-state index is 0.0408. The Labute approximate surface area is 623 Å². The van der Waals surface area contributed by atoms with Crippen molar-refractivity contribution in [2.45, 2.75) is 86.1 Å². The van der Waals surface area contributed by atoms with E-state index in [1.807, 2.05) is 23.8 Å². The summed E-state index contributed by atoms with van der Waals surface area (Å²) in [4.78, 5) is 69.5. The molecule has 590 valence electrons. The van der Waals surface area contributed by atoms with E-state index in [4.69, 9.17) is 44.8 Å². The topological polar surface area (TPSA) is 459 Å². The number of sulfone groups is 1. The fraction of sp³-hybridized carbons (Fsp3) is 0.333. The number of aromatic hydroxyl groups is 1. The number of nitrogens with one attached hydrogen (secondary N) is 4. The molecular formula is C63H69ClF6N14O21S4. The third-order valence-electron chi connectivity index (χ3n) is 14.3. The Kier molecular flexibility index (Phi) is 29.3. The number of ether oxygens (including phenoxy) is 8. The first-order valence-electron chi connectivity index (χ1n) is 30.9. The number of sulfonamides is 3. The number of urea groups is 1. The summed E-state index contributed by atoms with van der Waals surface area (Å²) < 4.78 is 224. The van der Waals surface area contributed by atoms with Gasteiger partial charge in [0.15, 0.2) is 21.3 Å². The number of methoxy groups -OCH3 is 6. The smallest absolute Gasteiger partial charge is 0.418 e. The summed E-state index contributed by atoms with van der Waals surface area (Å²) in [6, 6.07) is 14.4. The lowest BCUT2D eigenvalue weighted by Gasteiger charge is -2.15. The Morgan fingerprint density at radius 1 is 0.697 bits per heavy atom. The van der Waals surface area contributed by atoms with E-state index in [1.165, 1.54) is 60.6 Å². The number of rotatable bonds is 26. The average molecular weight is 1640 g/mol. The normalized spacial score (nSPS) is 12.0. The van der Waals surface area contributed by atoms with Crippen LogP contribution in [0.15, 0.2) is 106 Å². The number of hydrogen-bond donors (Lipinski definition) is 5. The molecule has 0 aliphatic carbocycles. The Morgan fingerprint density at radius 2 is 1.35 bits per heavy atom. The second-order valence-electron chi connectivity index (χ2n) is 22.3. The van der Waals surface area contributed by atoms with Crippen LogP contribution in [-0.2, 0) is 80.1 Å². The molecule has 5 N–H and O–H groups in total. The average Bonchev–Trinajstić information content (AvgIpc) is 1.75. The summed E-state index contributed by atoms with van der Waals surface area (Å²) in [5, 5.41) is 21.1. The summed E-state index contributed by atoms with van der Waals surface area (Å²) in [6.45, 7) is 5.08. The predicted octanol–water partition coefficient (Wildman–Crippen LogP) is 8.07. The molecule has 6 aromatic heterocycles. The summed E-state index contributed by atoms with van der Waals surface area (Å²) in [7, 11) is -8.48. The number of hydrogen-bond acceptors (Lipinski definition) is 29. The lowest BCUT2D eigenvalue weighted by molar-refractivity contribution is -0.151. The number of esters is 2. The lowest BCUT2D eigenvalue weighted by atomic mass is 10.0. The first-order chi connectivity index (χ1) is 50.9. The molecule has 3 aromatic carbocycles. The van der Waals surface area contributed by atoms with Crippen molar-refractivity contribution in [3.05, 3.63) is 135 Å². The minimum atomic E-state index is -4.98. The van der Waals surface area contributed by atoms with Gasteiger partial charge in [0.05, 0.1) is 99.5 Å². The van der Waals surface area contributed by atoms with Gasteiger partial charge < -0.3 is 43.0 Å². The highest BCUT2D eigenvalue weighted by molar-refractivity contribution is 7.93. The second-order valence-corrected chi connectivity index (χ2v) is 29.8. The number of alkyl halides is 6. The molecule has 0 saturated heterocycles. The third-order valence-corrected chi connectivity index (χ3v) is 19.2. The number of fused-ring (bicyclic) bond motifs is 2. The number of aryl methyl sites for hydroxylation is 2. The number of aromatic nitrogens is 10. The van der Waals surface area contributed by atoms with Gasteiger partial charge in [-0.25, -0.2) is 71.9 Å². The quantitative estimate of drug-likeness (QED) is 0.0148. The number of ketones is 1. The van der Waals surface area contributed by atoms with Crippen molar-refractivity contribution in [1.82, 2.24) is 58.7 Å². The number of carbonyl (C=O) groups is 4. The summed E-state index contributed by atoms with van der Waals surface area (Å²) in [6.07, 6.45) is -1.49. The Hall–Kier alpha value is -11.0. The van der Waals surface area contributed by atoms with E-state index < -0.39 is 119 Å². The molecule has 2 amide bonds. The molecule has 0 radical (unpaired) electrons. The summed E-state index contributed by atoms with van der Waals surface area (Å²) in [5.74, 6) is -3.71. The number of anilines is 2. The van der Waals surface area contributed by atoms with Gasteiger partial charge >= 0.3 is 30.3 Å². The molecule has 0 fully saturated rings. The number of halogens is 7. The number of unbranched alkanes of at least 4 members (excludes halogenated alkanes) is 2. The Balaban J connectivity index is 0.000000229. The van der Waals surface area contributed by atoms with Gasteiger partial charge in [-0.15, -0.1) is 5.10 Å². The van der Waals surface area contributed by atoms with E-state index in [0.29, 0.717) is 40.7 Å². The highest BCUT2D eigenvalue weighted by atomic mass is 35.5. The predicted molar refractivity (Wildman–Crippen MR) is 374 cm³/mol. The molecule has 0 aliphatic heterocycles. The Morgan fingerprint density at radius 3 is 1.92 bits per heavy atom. The van der Waals surface area contributed by atoms with Gasteiger partial charge in [-0.1, -0.05) is 37.4 Å². The van der Waals surface area contributed by atoms with E-state index in [1.54, 1.807) is 23.1 Å². The molecule has 9 rings (SSSR count). The Bertz CT molecular complexity index is 5290. The third kappa shape index (κ3) is 23.5. The fourth-order valence-electron chi connectivity index (χ4n) is 9.31. The van der Waals surface area contributed by atoms with Crippen LogP contribution in [0.3, 0.4) is 0 Å². The second kappa shape index (κ2) is 36.7. The van der Waals surface area contributed by atoms with E-state index in [-0.39, 0.29) is 82.9 Å². The molecule has 0 aliphatic rings. The number of carbonyl (C=O) groups excluding carboxylic acids is 4. The van der Waals surface area contributed by atoms with E-state index in [0.717, 1.165) is 85.1 Å². The van der Waals surface area contributed by atoms with Crippen LogP contribution >= 0.6 is 11.6 Å². The molecule has 1 unspecified atom stereocenters. The molecule has 9 aromatic rings. The van der Waals surface area contributed by atoms with Crippen LogP contribution in [0.2, 0.25) is 5.02 Å². The standard InChI is InChI=1S/C18H22ClNO3.C17H21N5O9S2.C14H13F3N6O5S.C14H13F3N2O4S/c1-3-4-5-7-13(2)23-17(21)12-22-16-10-9-15(19)14-8-6-11-20-18(14)16;1-29-13-8-14(30-2)20-16(19-13)21-17(24)22-33(27,28)12-7-10(9-18-32(4,25)26)5-6-11(12)15(23)31-3;1-26-8-6-9(27-2)23-13(19-8)20-12(21-23)22-29(24,25)10-7(14(15,16)17)4-5-18-11(10)28-3;1-7-11(13(21)19(2)18-7)12(20)9-5-4-8(14(15,16)17)6-10(9)24(3,22)23/h6,8-11,13H,3-5,7,12H2,1-2H3;5-8,18H,9H2,1-4H3,(H2,19,20,21,22,24);4-6H,1-3H3,(H,21,22);4-6,21H,1-3H3. The SMILES string of the molecule is CCCCCC(C)OC(=O)COc1ccc(Cl)c2cccnc12.COC(=O)c1ccc(CNS(C)(=O)=O)cc1S(=O)(=O)NC(=O)Nc1nc(OC)cc(OC)n1.COc1cc(OC)n2nc(NS(=O)(=O)c3c(C(F)(F)F)ccnc3OC)nc2n1.Cc1nn(C)c(O)c1C(=O)c1ccc(C(F)(F)F)cc1S(C)(=O)=O. The van der Waals surface area contributed by atoms with Crippen molar-refractivity contribution in [3.63, 3.8) is 0 Å². The number of amides is 2. The van der Waals surface area contributed by atoms with Gasteiger partial charge in [-0.2, -0.15) is 55.9 Å². The van der Waals surface area contributed by atoms with Gasteiger partial charge in [0.2, 0.25) is 57.0 Å². The van der Waals surface area contributed by atoms with E-state index in [9.17, 15) is 84.3 Å². The molecule has 46 heteroatoms. The molecule has 6 heterocycles.